The van der Waals surface area contributed by atoms with Gasteiger partial charge in [0, 0.05) is 17.7 Å². The molecule has 0 bridgehead atoms. The van der Waals surface area contributed by atoms with Crippen molar-refractivity contribution >= 4 is 17.7 Å². The van der Waals surface area contributed by atoms with Crippen LogP contribution in [0.3, 0.4) is 0 Å². The number of para-hydroxylation sites is 1. The van der Waals surface area contributed by atoms with E-state index in [1.165, 1.54) is 0 Å². The summed E-state index contributed by atoms with van der Waals surface area (Å²) in [4.78, 5) is 39.3. The lowest BCUT2D eigenvalue weighted by Gasteiger charge is -2.08. The van der Waals surface area contributed by atoms with Crippen LogP contribution in [0.5, 0.6) is 5.75 Å². The van der Waals surface area contributed by atoms with E-state index < -0.39 is 11.9 Å². The van der Waals surface area contributed by atoms with Crippen LogP contribution in [-0.4, -0.2) is 43.0 Å². The van der Waals surface area contributed by atoms with Gasteiger partial charge in [0.25, 0.3) is 0 Å². The molecule has 0 radical (unpaired) electrons. The lowest BCUT2D eigenvalue weighted by molar-refractivity contribution is -0.142. The number of aromatic nitrogens is 1. The third kappa shape index (κ3) is 5.00. The van der Waals surface area contributed by atoms with Crippen molar-refractivity contribution < 1.29 is 28.6 Å². The zero-order chi connectivity index (χ0) is 20.7. The van der Waals surface area contributed by atoms with Gasteiger partial charge >= 0.3 is 11.9 Å². The first-order valence-corrected chi connectivity index (χ1v) is 9.06. The van der Waals surface area contributed by atoms with Crippen molar-refractivity contribution in [2.45, 2.75) is 33.6 Å². The number of ketones is 1. The summed E-state index contributed by atoms with van der Waals surface area (Å²) < 4.78 is 15.3. The Bertz CT molecular complexity index is 868. The number of benzene rings is 1. The van der Waals surface area contributed by atoms with Crippen LogP contribution in [0.15, 0.2) is 24.3 Å². The third-order valence-electron chi connectivity index (χ3n) is 4.35. The van der Waals surface area contributed by atoms with Gasteiger partial charge in [0.15, 0.2) is 6.61 Å². The van der Waals surface area contributed by atoms with E-state index in [-0.39, 0.29) is 31.1 Å². The van der Waals surface area contributed by atoms with E-state index in [0.29, 0.717) is 29.0 Å². The Morgan fingerprint density at radius 2 is 1.79 bits per heavy atom. The molecule has 1 aromatic heterocycles. The smallest absolute Gasteiger partial charge is 0.355 e. The number of rotatable bonds is 9. The molecule has 0 aliphatic rings. The molecule has 28 heavy (non-hydrogen) atoms. The first-order chi connectivity index (χ1) is 13.4. The first-order valence-electron chi connectivity index (χ1n) is 9.06. The van der Waals surface area contributed by atoms with E-state index in [4.69, 9.17) is 14.2 Å². The van der Waals surface area contributed by atoms with Crippen LogP contribution >= 0.6 is 0 Å². The van der Waals surface area contributed by atoms with Crippen LogP contribution in [0.4, 0.5) is 0 Å². The Kier molecular flexibility index (Phi) is 7.37. The van der Waals surface area contributed by atoms with Gasteiger partial charge in [0.1, 0.15) is 11.4 Å². The van der Waals surface area contributed by atoms with Gasteiger partial charge in [-0.05, 0) is 44.4 Å². The molecule has 7 heteroatoms. The monoisotopic (exact) mass is 387 g/mol. The molecule has 0 saturated carbocycles. The second-order valence-electron chi connectivity index (χ2n) is 6.24. The summed E-state index contributed by atoms with van der Waals surface area (Å²) in [6.45, 7) is 4.91. The second-order valence-corrected chi connectivity index (χ2v) is 6.24. The highest BCUT2D eigenvalue weighted by atomic mass is 16.5. The van der Waals surface area contributed by atoms with Crippen molar-refractivity contribution in [3.05, 3.63) is 52.3 Å². The number of aromatic amines is 1. The SMILES string of the molecule is CCOC(=O)c1[nH]c(C)c(C(=O)COC(=O)CCc2ccccc2OC)c1C. The molecular weight excluding hydrogens is 362 g/mol. The summed E-state index contributed by atoms with van der Waals surface area (Å²) >= 11 is 0. The lowest BCUT2D eigenvalue weighted by Crippen LogP contribution is -2.16. The standard InChI is InChI=1S/C21H25NO6/c1-5-27-21(25)20-13(2)19(14(3)22-20)16(23)12-28-18(24)11-10-15-8-6-7-9-17(15)26-4/h6-9,22H,5,10-12H2,1-4H3. The van der Waals surface area contributed by atoms with E-state index in [2.05, 4.69) is 4.98 Å². The Balaban J connectivity index is 1.95. The number of carbonyl (C=O) groups excluding carboxylic acids is 3. The van der Waals surface area contributed by atoms with Crippen molar-refractivity contribution in [2.24, 2.45) is 0 Å². The minimum atomic E-state index is -0.518. The number of H-pyrrole nitrogens is 1. The quantitative estimate of drug-likeness (QED) is 0.525. The number of Topliss-reactive ketones (excluding diaryl/α,β-unsaturated/α-hetero) is 1. The molecule has 1 aromatic carbocycles. The van der Waals surface area contributed by atoms with E-state index in [1.54, 1.807) is 27.9 Å². The van der Waals surface area contributed by atoms with E-state index in [0.717, 1.165) is 5.56 Å². The summed E-state index contributed by atoms with van der Waals surface area (Å²) in [7, 11) is 1.57. The summed E-state index contributed by atoms with van der Waals surface area (Å²) in [6, 6.07) is 7.42. The van der Waals surface area contributed by atoms with Crippen molar-refractivity contribution in [1.29, 1.82) is 0 Å². The van der Waals surface area contributed by atoms with Gasteiger partial charge in [0.05, 0.1) is 13.7 Å². The van der Waals surface area contributed by atoms with Crippen LogP contribution in [0, 0.1) is 13.8 Å². The number of carbonyl (C=O) groups is 3. The van der Waals surface area contributed by atoms with Gasteiger partial charge in [-0.15, -0.1) is 0 Å². The minimum Gasteiger partial charge on any atom is -0.496 e. The summed E-state index contributed by atoms with van der Waals surface area (Å²) in [5.41, 5.74) is 2.51. The van der Waals surface area contributed by atoms with E-state index in [9.17, 15) is 14.4 Å². The zero-order valence-corrected chi connectivity index (χ0v) is 16.6. The van der Waals surface area contributed by atoms with Gasteiger partial charge in [0.2, 0.25) is 5.78 Å². The highest BCUT2D eigenvalue weighted by molar-refractivity contribution is 6.03. The Morgan fingerprint density at radius 1 is 1.07 bits per heavy atom. The van der Waals surface area contributed by atoms with Crippen LogP contribution in [-0.2, 0) is 20.7 Å². The minimum absolute atomic E-state index is 0.132. The van der Waals surface area contributed by atoms with Gasteiger partial charge in [-0.1, -0.05) is 18.2 Å². The number of methoxy groups -OCH3 is 1. The molecule has 0 amide bonds. The Hall–Kier alpha value is -3.09. The number of nitrogens with one attached hydrogen (secondary N) is 1. The molecule has 0 unspecified atom stereocenters. The topological polar surface area (TPSA) is 94.7 Å². The molecule has 7 nitrogen and oxygen atoms in total. The van der Waals surface area contributed by atoms with Crippen molar-refractivity contribution in [3.63, 3.8) is 0 Å². The Labute approximate surface area is 164 Å². The molecule has 1 heterocycles. The average molecular weight is 387 g/mol. The molecule has 0 aliphatic carbocycles. The number of esters is 2. The lowest BCUT2D eigenvalue weighted by atomic mass is 10.1. The highest BCUT2D eigenvalue weighted by Gasteiger charge is 2.23. The molecule has 0 saturated heterocycles. The number of hydrogen-bond donors (Lipinski definition) is 1. The summed E-state index contributed by atoms with van der Waals surface area (Å²) in [6.07, 6.45) is 0.582. The van der Waals surface area contributed by atoms with E-state index in [1.807, 2.05) is 24.3 Å². The molecule has 2 rings (SSSR count). The molecule has 0 spiro atoms. The maximum Gasteiger partial charge on any atom is 0.355 e. The van der Waals surface area contributed by atoms with Crippen molar-refractivity contribution in [2.75, 3.05) is 20.3 Å². The van der Waals surface area contributed by atoms with Gasteiger partial charge < -0.3 is 19.2 Å². The van der Waals surface area contributed by atoms with Gasteiger partial charge in [-0.3, -0.25) is 9.59 Å². The maximum absolute atomic E-state index is 12.5. The molecule has 150 valence electrons. The van der Waals surface area contributed by atoms with Crippen LogP contribution in [0.25, 0.3) is 0 Å². The number of aryl methyl sites for hydroxylation is 2. The van der Waals surface area contributed by atoms with Gasteiger partial charge in [-0.25, -0.2) is 4.79 Å². The zero-order valence-electron chi connectivity index (χ0n) is 16.6. The largest absolute Gasteiger partial charge is 0.496 e. The predicted molar refractivity (Wildman–Crippen MR) is 103 cm³/mol. The molecule has 0 atom stereocenters. The number of ether oxygens (including phenoxy) is 3. The third-order valence-corrected chi connectivity index (χ3v) is 4.35. The maximum atomic E-state index is 12.5. The first kappa shape index (κ1) is 21.2. The summed E-state index contributed by atoms with van der Waals surface area (Å²) in [5, 5.41) is 0. The van der Waals surface area contributed by atoms with Crippen molar-refractivity contribution in [3.8, 4) is 5.75 Å². The fourth-order valence-corrected chi connectivity index (χ4v) is 3.01. The highest BCUT2D eigenvalue weighted by Crippen LogP contribution is 2.21. The molecular formula is C21H25NO6. The predicted octanol–water partition coefficient (Wildman–Crippen LogP) is 3.18. The average Bonchev–Trinajstić information content (AvgIpc) is 2.99. The normalized spacial score (nSPS) is 10.4. The number of hydrogen-bond acceptors (Lipinski definition) is 6. The second kappa shape index (κ2) is 9.73. The van der Waals surface area contributed by atoms with Crippen LogP contribution < -0.4 is 4.74 Å². The van der Waals surface area contributed by atoms with Crippen LogP contribution in [0.1, 0.15) is 51.0 Å². The van der Waals surface area contributed by atoms with Crippen molar-refractivity contribution in [1.82, 2.24) is 4.98 Å². The Morgan fingerprint density at radius 3 is 2.46 bits per heavy atom. The molecule has 0 aliphatic heterocycles. The van der Waals surface area contributed by atoms with E-state index >= 15 is 0 Å². The molecule has 1 N–H and O–H groups in total. The molecule has 2 aromatic rings. The summed E-state index contributed by atoms with van der Waals surface area (Å²) in [5.74, 6) is -0.657. The fraction of sp³-hybridized carbons (Fsp3) is 0.381. The fourth-order valence-electron chi connectivity index (χ4n) is 3.01. The molecule has 0 fully saturated rings. The van der Waals surface area contributed by atoms with Crippen LogP contribution in [0.2, 0.25) is 0 Å². The van der Waals surface area contributed by atoms with Gasteiger partial charge in [-0.2, -0.15) is 0 Å².